The fourth-order valence-corrected chi connectivity index (χ4v) is 2.54. The van der Waals surface area contributed by atoms with E-state index in [-0.39, 0.29) is 5.91 Å². The van der Waals surface area contributed by atoms with Gasteiger partial charge in [-0.25, -0.2) is 0 Å². The first-order valence-corrected chi connectivity index (χ1v) is 7.62. The number of halogens is 2. The Morgan fingerprint density at radius 3 is 2.41 bits per heavy atom. The molecule has 4 nitrogen and oxygen atoms in total. The maximum Gasteiger partial charge on any atom is 0.257 e. The van der Waals surface area contributed by atoms with Gasteiger partial charge in [-0.3, -0.25) is 4.79 Å². The first kappa shape index (κ1) is 16.6. The lowest BCUT2D eigenvalue weighted by molar-refractivity contribution is 0.102. The molecule has 1 amide bonds. The van der Waals surface area contributed by atoms with Gasteiger partial charge in [-0.1, -0.05) is 27.5 Å². The molecule has 0 saturated carbocycles. The van der Waals surface area contributed by atoms with E-state index in [1.807, 2.05) is 6.92 Å². The van der Waals surface area contributed by atoms with Crippen molar-refractivity contribution in [1.82, 2.24) is 0 Å². The summed E-state index contributed by atoms with van der Waals surface area (Å²) in [6, 6.07) is 8.64. The van der Waals surface area contributed by atoms with Gasteiger partial charge in [0, 0.05) is 16.2 Å². The Morgan fingerprint density at radius 1 is 1.14 bits per heavy atom. The maximum atomic E-state index is 12.4. The Hall–Kier alpha value is -1.72. The number of rotatable bonds is 4. The van der Waals surface area contributed by atoms with E-state index < -0.39 is 0 Å². The van der Waals surface area contributed by atoms with Gasteiger partial charge in [0.25, 0.3) is 5.91 Å². The summed E-state index contributed by atoms with van der Waals surface area (Å²) in [7, 11) is 3.11. The van der Waals surface area contributed by atoms with Crippen molar-refractivity contribution in [2.45, 2.75) is 6.92 Å². The lowest BCUT2D eigenvalue weighted by Crippen LogP contribution is -2.13. The van der Waals surface area contributed by atoms with E-state index in [4.69, 9.17) is 21.1 Å². The fourth-order valence-electron chi connectivity index (χ4n) is 1.98. The van der Waals surface area contributed by atoms with E-state index in [1.165, 1.54) is 0 Å². The van der Waals surface area contributed by atoms with Crippen molar-refractivity contribution in [1.29, 1.82) is 0 Å². The third-order valence-electron chi connectivity index (χ3n) is 3.15. The molecule has 0 unspecified atom stereocenters. The average Bonchev–Trinajstić information content (AvgIpc) is 2.51. The van der Waals surface area contributed by atoms with Crippen LogP contribution in [0.5, 0.6) is 11.5 Å². The second-order valence-corrected chi connectivity index (χ2v) is 5.92. The van der Waals surface area contributed by atoms with Crippen LogP contribution in [0.4, 0.5) is 5.69 Å². The Balaban J connectivity index is 2.34. The van der Waals surface area contributed by atoms with E-state index in [0.717, 1.165) is 10.0 Å². The number of carbonyl (C=O) groups excluding carboxylic acids is 1. The van der Waals surface area contributed by atoms with Crippen molar-refractivity contribution in [3.8, 4) is 11.5 Å². The van der Waals surface area contributed by atoms with Crippen LogP contribution >= 0.6 is 27.5 Å². The Kier molecular flexibility index (Phi) is 5.32. The molecule has 0 heterocycles. The first-order chi connectivity index (χ1) is 10.5. The molecular weight excluding hydrogens is 370 g/mol. The number of ether oxygens (including phenoxy) is 2. The van der Waals surface area contributed by atoms with Gasteiger partial charge in [0.1, 0.15) is 0 Å². The zero-order valence-electron chi connectivity index (χ0n) is 12.4. The van der Waals surface area contributed by atoms with Crippen LogP contribution in [-0.2, 0) is 0 Å². The predicted octanol–water partition coefficient (Wildman–Crippen LogP) is 4.68. The van der Waals surface area contributed by atoms with Crippen LogP contribution in [0.2, 0.25) is 5.02 Å². The van der Waals surface area contributed by atoms with Gasteiger partial charge in [-0.15, -0.1) is 0 Å². The number of amides is 1. The molecule has 0 aliphatic rings. The summed E-state index contributed by atoms with van der Waals surface area (Å²) < 4.78 is 11.3. The van der Waals surface area contributed by atoms with Crippen molar-refractivity contribution < 1.29 is 14.3 Å². The number of benzene rings is 2. The second kappa shape index (κ2) is 7.03. The molecule has 0 spiro atoms. The molecule has 0 bridgehead atoms. The van der Waals surface area contributed by atoms with Crippen LogP contribution < -0.4 is 14.8 Å². The number of methoxy groups -OCH3 is 2. The van der Waals surface area contributed by atoms with Crippen molar-refractivity contribution in [3.05, 3.63) is 51.0 Å². The van der Waals surface area contributed by atoms with E-state index in [1.54, 1.807) is 44.6 Å². The van der Waals surface area contributed by atoms with E-state index in [0.29, 0.717) is 27.8 Å². The summed E-state index contributed by atoms with van der Waals surface area (Å²) in [6.45, 7) is 1.88. The summed E-state index contributed by atoms with van der Waals surface area (Å²) >= 11 is 9.41. The standard InChI is InChI=1S/C16H15BrClNO3/c1-9-6-14(21-2)15(22-3)8-13(9)19-16(20)11-7-10(17)4-5-12(11)18/h4-8H,1-3H3,(H,19,20). The van der Waals surface area contributed by atoms with Gasteiger partial charge >= 0.3 is 0 Å². The minimum absolute atomic E-state index is 0.290. The summed E-state index contributed by atoms with van der Waals surface area (Å²) in [5.74, 6) is 0.865. The maximum absolute atomic E-state index is 12.4. The largest absolute Gasteiger partial charge is 0.493 e. The molecule has 6 heteroatoms. The summed E-state index contributed by atoms with van der Waals surface area (Å²) in [6.07, 6.45) is 0. The number of anilines is 1. The quantitative estimate of drug-likeness (QED) is 0.832. The normalized spacial score (nSPS) is 10.2. The van der Waals surface area contributed by atoms with Gasteiger partial charge in [-0.05, 0) is 36.8 Å². The summed E-state index contributed by atoms with van der Waals surface area (Å²) in [5, 5.41) is 3.23. The van der Waals surface area contributed by atoms with E-state index >= 15 is 0 Å². The van der Waals surface area contributed by atoms with Crippen LogP contribution in [0.3, 0.4) is 0 Å². The molecule has 22 heavy (non-hydrogen) atoms. The van der Waals surface area contributed by atoms with Crippen LogP contribution in [-0.4, -0.2) is 20.1 Å². The number of nitrogens with one attached hydrogen (secondary N) is 1. The Labute approximate surface area is 142 Å². The molecule has 0 radical (unpaired) electrons. The van der Waals surface area contributed by atoms with Crippen molar-refractivity contribution >= 4 is 39.1 Å². The smallest absolute Gasteiger partial charge is 0.257 e. The molecule has 0 fully saturated rings. The minimum Gasteiger partial charge on any atom is -0.493 e. The number of carbonyl (C=O) groups is 1. The predicted molar refractivity (Wildman–Crippen MR) is 91.4 cm³/mol. The highest BCUT2D eigenvalue weighted by Crippen LogP contribution is 2.33. The number of aryl methyl sites for hydroxylation is 1. The number of hydrogen-bond donors (Lipinski definition) is 1. The minimum atomic E-state index is -0.290. The lowest BCUT2D eigenvalue weighted by atomic mass is 10.1. The lowest BCUT2D eigenvalue weighted by Gasteiger charge is -2.14. The van der Waals surface area contributed by atoms with Gasteiger partial charge in [0.2, 0.25) is 0 Å². The molecule has 2 aromatic rings. The summed E-state index contributed by atoms with van der Waals surface area (Å²) in [5.41, 5.74) is 1.89. The fraction of sp³-hybridized carbons (Fsp3) is 0.188. The highest BCUT2D eigenvalue weighted by Gasteiger charge is 2.14. The molecule has 2 rings (SSSR count). The summed E-state index contributed by atoms with van der Waals surface area (Å²) in [4.78, 5) is 12.4. The SMILES string of the molecule is COc1cc(C)c(NC(=O)c2cc(Br)ccc2Cl)cc1OC. The zero-order chi connectivity index (χ0) is 16.3. The van der Waals surface area contributed by atoms with Crippen LogP contribution in [0, 0.1) is 6.92 Å². The zero-order valence-corrected chi connectivity index (χ0v) is 14.7. The van der Waals surface area contributed by atoms with Gasteiger partial charge in [0.05, 0.1) is 24.8 Å². The Morgan fingerprint density at radius 2 is 1.77 bits per heavy atom. The van der Waals surface area contributed by atoms with Gasteiger partial charge in [-0.2, -0.15) is 0 Å². The van der Waals surface area contributed by atoms with Gasteiger partial charge in [0.15, 0.2) is 11.5 Å². The Bertz CT molecular complexity index is 719. The molecular formula is C16H15BrClNO3. The first-order valence-electron chi connectivity index (χ1n) is 6.45. The van der Waals surface area contributed by atoms with Crippen LogP contribution in [0.25, 0.3) is 0 Å². The molecule has 116 valence electrons. The molecule has 0 aromatic heterocycles. The highest BCUT2D eigenvalue weighted by molar-refractivity contribution is 9.10. The van der Waals surface area contributed by atoms with Crippen molar-refractivity contribution in [3.63, 3.8) is 0 Å². The van der Waals surface area contributed by atoms with Crippen LogP contribution in [0.1, 0.15) is 15.9 Å². The molecule has 0 aliphatic heterocycles. The molecule has 1 N–H and O–H groups in total. The third kappa shape index (κ3) is 3.54. The van der Waals surface area contributed by atoms with E-state index in [9.17, 15) is 4.79 Å². The third-order valence-corrected chi connectivity index (χ3v) is 3.97. The number of hydrogen-bond acceptors (Lipinski definition) is 3. The molecule has 0 aliphatic carbocycles. The monoisotopic (exact) mass is 383 g/mol. The highest BCUT2D eigenvalue weighted by atomic mass is 79.9. The average molecular weight is 385 g/mol. The molecule has 0 saturated heterocycles. The van der Waals surface area contributed by atoms with Crippen LogP contribution in [0.15, 0.2) is 34.8 Å². The van der Waals surface area contributed by atoms with Gasteiger partial charge < -0.3 is 14.8 Å². The van der Waals surface area contributed by atoms with E-state index in [2.05, 4.69) is 21.2 Å². The van der Waals surface area contributed by atoms with Crippen molar-refractivity contribution in [2.24, 2.45) is 0 Å². The topological polar surface area (TPSA) is 47.6 Å². The molecule has 2 aromatic carbocycles. The second-order valence-electron chi connectivity index (χ2n) is 4.60. The van der Waals surface area contributed by atoms with Crippen molar-refractivity contribution in [2.75, 3.05) is 19.5 Å². The molecule has 0 atom stereocenters.